The van der Waals surface area contributed by atoms with Crippen LogP contribution in [0.2, 0.25) is 0 Å². The summed E-state index contributed by atoms with van der Waals surface area (Å²) >= 11 is 0. The maximum absolute atomic E-state index is 14.8. The number of amidine groups is 1. The van der Waals surface area contributed by atoms with Gasteiger partial charge >= 0.3 is 0 Å². The molecule has 0 radical (unpaired) electrons. The van der Waals surface area contributed by atoms with Gasteiger partial charge in [0, 0.05) is 18.2 Å². The van der Waals surface area contributed by atoms with Crippen molar-refractivity contribution in [1.82, 2.24) is 9.97 Å². The van der Waals surface area contributed by atoms with Crippen molar-refractivity contribution in [2.45, 2.75) is 51.3 Å². The number of aliphatic imine (C=N–C) groups is 1. The number of hydrogen-bond donors (Lipinski definition) is 1. The number of halogens is 1. The van der Waals surface area contributed by atoms with Gasteiger partial charge in [-0.25, -0.2) is 17.8 Å². The van der Waals surface area contributed by atoms with Gasteiger partial charge in [0.2, 0.25) is 0 Å². The first-order valence-corrected chi connectivity index (χ1v) is 11.6. The summed E-state index contributed by atoms with van der Waals surface area (Å²) in [5.41, 5.74) is 6.25. The Morgan fingerprint density at radius 3 is 2.45 bits per heavy atom. The first-order chi connectivity index (χ1) is 14.3. The molecule has 9 heteroatoms. The lowest BCUT2D eigenvalue weighted by Gasteiger charge is -2.42. The second-order valence-corrected chi connectivity index (χ2v) is 11.1. The summed E-state index contributed by atoms with van der Waals surface area (Å²) in [5.74, 6) is -1.59. The third-order valence-electron chi connectivity index (χ3n) is 6.14. The second kappa shape index (κ2) is 7.78. The van der Waals surface area contributed by atoms with E-state index in [9.17, 15) is 17.6 Å². The summed E-state index contributed by atoms with van der Waals surface area (Å²) in [4.78, 5) is 25.2. The van der Waals surface area contributed by atoms with Crippen LogP contribution in [0.15, 0.2) is 35.6 Å². The van der Waals surface area contributed by atoms with Crippen molar-refractivity contribution in [3.8, 4) is 0 Å². The molecule has 166 valence electrons. The Labute approximate surface area is 181 Å². The molecule has 1 aromatic carbocycles. The zero-order valence-corrected chi connectivity index (χ0v) is 19.1. The van der Waals surface area contributed by atoms with E-state index in [2.05, 4.69) is 15.0 Å². The van der Waals surface area contributed by atoms with Crippen LogP contribution < -0.4 is 5.73 Å². The Morgan fingerprint density at radius 1 is 1.23 bits per heavy atom. The number of rotatable bonds is 5. The molecule has 0 amide bonds. The maximum Gasteiger partial charge on any atom is 0.187 e. The van der Waals surface area contributed by atoms with Crippen LogP contribution in [0.1, 0.15) is 55.0 Å². The molecule has 2 heterocycles. The second-order valence-electron chi connectivity index (χ2n) is 8.75. The number of sulfone groups is 1. The molecule has 31 heavy (non-hydrogen) atoms. The Hall–Kier alpha value is -2.68. The average molecular weight is 447 g/mol. The van der Waals surface area contributed by atoms with Crippen LogP contribution in [-0.2, 0) is 21.8 Å². The highest BCUT2D eigenvalue weighted by atomic mass is 32.2. The first-order valence-electron chi connectivity index (χ1n) is 9.99. The van der Waals surface area contributed by atoms with Gasteiger partial charge in [0.15, 0.2) is 15.6 Å². The molecule has 0 saturated carbocycles. The van der Waals surface area contributed by atoms with Crippen molar-refractivity contribution in [2.75, 3.05) is 5.75 Å². The van der Waals surface area contributed by atoms with E-state index in [-0.39, 0.29) is 41.0 Å². The third kappa shape index (κ3) is 3.98. The van der Waals surface area contributed by atoms with Crippen molar-refractivity contribution in [3.05, 3.63) is 58.9 Å². The van der Waals surface area contributed by atoms with Gasteiger partial charge in [-0.2, -0.15) is 0 Å². The molecule has 1 aliphatic heterocycles. The summed E-state index contributed by atoms with van der Waals surface area (Å²) in [5, 5.41) is 0. The molecule has 2 atom stereocenters. The Bertz CT molecular complexity index is 1160. The van der Waals surface area contributed by atoms with Crippen molar-refractivity contribution >= 4 is 21.5 Å². The van der Waals surface area contributed by atoms with E-state index in [0.29, 0.717) is 11.3 Å². The Morgan fingerprint density at radius 2 is 1.90 bits per heavy atom. The van der Waals surface area contributed by atoms with E-state index in [1.54, 1.807) is 34.6 Å². The zero-order valence-electron chi connectivity index (χ0n) is 18.3. The molecule has 0 saturated heterocycles. The molecule has 0 fully saturated rings. The van der Waals surface area contributed by atoms with Crippen molar-refractivity contribution < 1.29 is 17.6 Å². The molecule has 7 nitrogen and oxygen atoms in total. The lowest BCUT2D eigenvalue weighted by atomic mass is 9.89. The summed E-state index contributed by atoms with van der Waals surface area (Å²) in [6.07, 6.45) is 2.87. The van der Waals surface area contributed by atoms with Crippen molar-refractivity contribution in [3.63, 3.8) is 0 Å². The lowest BCUT2D eigenvalue weighted by Crippen LogP contribution is -2.59. The fraction of sp³-hybridized carbons (Fsp3) is 0.455. The number of nitrogens with zero attached hydrogens (tertiary/aromatic N) is 3. The van der Waals surface area contributed by atoms with Gasteiger partial charge in [-0.3, -0.25) is 14.8 Å². The molecule has 3 rings (SSSR count). The molecular formula is C22H27FN4O3S. The molecular weight excluding hydrogens is 419 g/mol. The predicted octanol–water partition coefficient (Wildman–Crippen LogP) is 2.77. The van der Waals surface area contributed by atoms with Crippen molar-refractivity contribution in [1.29, 1.82) is 0 Å². The van der Waals surface area contributed by atoms with Crippen molar-refractivity contribution in [2.24, 2.45) is 16.6 Å². The zero-order chi connectivity index (χ0) is 23.2. The normalized spacial score (nSPS) is 25.3. The molecule has 2 aromatic rings. The van der Waals surface area contributed by atoms with Crippen LogP contribution in [0.3, 0.4) is 0 Å². The minimum atomic E-state index is -3.73. The molecule has 0 aliphatic carbocycles. The summed E-state index contributed by atoms with van der Waals surface area (Å²) in [6, 6.07) is 4.20. The van der Waals surface area contributed by atoms with Gasteiger partial charge in [0.25, 0.3) is 0 Å². The number of ketones is 1. The number of carbonyl (C=O) groups excluding carboxylic acids is 1. The van der Waals surface area contributed by atoms with Crippen LogP contribution >= 0.6 is 0 Å². The number of carbonyl (C=O) groups is 1. The van der Waals surface area contributed by atoms with Gasteiger partial charge in [-0.05, 0) is 44.4 Å². The molecule has 0 spiro atoms. The molecule has 2 N–H and O–H groups in total. The van der Waals surface area contributed by atoms with Crippen LogP contribution in [0.4, 0.5) is 4.39 Å². The average Bonchev–Trinajstić information content (AvgIpc) is 2.67. The standard InChI is InChI=1S/C22H27FN4O3S/c1-13(2)22(5)20(24)27-21(4,12-31(22,29)30)16-8-15(6-7-17(16)23)9-19(28)18-11-25-14(3)10-26-18/h6-8,10-11,13H,9,12H2,1-5H3,(H2,24,27)/t21-,22-/m0/s1. The van der Waals surface area contributed by atoms with Crippen LogP contribution in [0.25, 0.3) is 0 Å². The Balaban J connectivity index is 2.01. The Kier molecular flexibility index (Phi) is 5.77. The number of aromatic nitrogens is 2. The lowest BCUT2D eigenvalue weighted by molar-refractivity contribution is 0.0987. The molecule has 1 aliphatic rings. The van der Waals surface area contributed by atoms with E-state index in [1.807, 2.05) is 0 Å². The van der Waals surface area contributed by atoms with E-state index >= 15 is 0 Å². The molecule has 1 aromatic heterocycles. The predicted molar refractivity (Wildman–Crippen MR) is 117 cm³/mol. The third-order valence-corrected chi connectivity index (χ3v) is 9.05. The smallest absolute Gasteiger partial charge is 0.187 e. The number of hydrogen-bond acceptors (Lipinski definition) is 7. The minimum Gasteiger partial charge on any atom is -0.386 e. The van der Waals surface area contributed by atoms with Gasteiger partial charge in [-0.1, -0.05) is 19.9 Å². The largest absolute Gasteiger partial charge is 0.386 e. The molecule has 0 bridgehead atoms. The summed E-state index contributed by atoms with van der Waals surface area (Å²) < 4.78 is 39.9. The highest BCUT2D eigenvalue weighted by Crippen LogP contribution is 2.41. The highest BCUT2D eigenvalue weighted by Gasteiger charge is 2.53. The summed E-state index contributed by atoms with van der Waals surface area (Å²) in [6.45, 7) is 8.40. The highest BCUT2D eigenvalue weighted by molar-refractivity contribution is 7.93. The number of aryl methyl sites for hydroxylation is 1. The van der Waals surface area contributed by atoms with E-state index < -0.39 is 25.9 Å². The maximum atomic E-state index is 14.8. The fourth-order valence-corrected chi connectivity index (χ4v) is 6.13. The summed E-state index contributed by atoms with van der Waals surface area (Å²) in [7, 11) is -3.73. The topological polar surface area (TPSA) is 115 Å². The number of benzene rings is 1. The van der Waals surface area contributed by atoms with Crippen LogP contribution in [-0.4, -0.2) is 40.5 Å². The fourth-order valence-electron chi connectivity index (χ4n) is 3.79. The quantitative estimate of drug-likeness (QED) is 0.706. The van der Waals surface area contributed by atoms with Gasteiger partial charge < -0.3 is 5.73 Å². The van der Waals surface area contributed by atoms with Gasteiger partial charge in [0.05, 0.1) is 17.6 Å². The first kappa shape index (κ1) is 23.0. The van der Waals surface area contributed by atoms with Crippen LogP contribution in [0, 0.1) is 18.7 Å². The van der Waals surface area contributed by atoms with Crippen LogP contribution in [0.5, 0.6) is 0 Å². The molecule has 0 unspecified atom stereocenters. The minimum absolute atomic E-state index is 0.0310. The van der Waals surface area contributed by atoms with E-state index in [0.717, 1.165) is 0 Å². The van der Waals surface area contributed by atoms with Gasteiger partial charge in [-0.15, -0.1) is 0 Å². The monoisotopic (exact) mass is 446 g/mol. The van der Waals surface area contributed by atoms with Gasteiger partial charge in [0.1, 0.15) is 27.6 Å². The number of Topliss-reactive ketones (excluding diaryl/α,β-unsaturated/α-hetero) is 1. The number of nitrogens with two attached hydrogens (primary N) is 1. The SMILES string of the molecule is Cc1cnc(C(=O)Cc2ccc(F)c([C@]3(C)CS(=O)(=O)[C@@](C)(C(C)C)C(N)=N3)c2)cn1. The van der Waals surface area contributed by atoms with E-state index in [4.69, 9.17) is 5.73 Å². The van der Waals surface area contributed by atoms with E-state index in [1.165, 1.54) is 30.6 Å².